The van der Waals surface area contributed by atoms with E-state index in [9.17, 15) is 13.6 Å². The van der Waals surface area contributed by atoms with Crippen molar-refractivity contribution in [1.82, 2.24) is 4.98 Å². The molecule has 1 N–H and O–H groups in total. The minimum absolute atomic E-state index is 0.111. The van der Waals surface area contributed by atoms with E-state index in [0.717, 1.165) is 23.3 Å². The zero-order valence-electron chi connectivity index (χ0n) is 16.1. The smallest absolute Gasteiger partial charge is 0.311 e. The molecule has 0 unspecified atom stereocenters. The molecule has 0 spiro atoms. The molecule has 0 bridgehead atoms. The standard InChI is InChI=1S/C21H19F2N3O3S/c1-2-28-20(27)9-16-13-30-21(25-16)26-24-11-14-5-3-4-6-15(14)12-29-17-7-8-18(22)19(23)10-17/h3-8,10-11,13H,2,9,12H2,1H3,(H,25,26). The number of ether oxygens (including phenoxy) is 2. The van der Waals surface area contributed by atoms with E-state index in [1.54, 1.807) is 18.5 Å². The zero-order valence-corrected chi connectivity index (χ0v) is 16.9. The number of carbonyl (C=O) groups excluding carboxylic acids is 1. The lowest BCUT2D eigenvalue weighted by atomic mass is 10.1. The molecule has 3 rings (SSSR count). The number of thiazole rings is 1. The van der Waals surface area contributed by atoms with Crippen molar-refractivity contribution >= 4 is 28.7 Å². The summed E-state index contributed by atoms with van der Waals surface area (Å²) in [5.74, 6) is -1.98. The number of benzene rings is 2. The molecular formula is C21H19F2N3O3S. The van der Waals surface area contributed by atoms with E-state index in [-0.39, 0.29) is 24.7 Å². The Hall–Kier alpha value is -3.33. The highest BCUT2D eigenvalue weighted by atomic mass is 32.1. The lowest BCUT2D eigenvalue weighted by Crippen LogP contribution is -2.07. The van der Waals surface area contributed by atoms with Crippen molar-refractivity contribution < 1.29 is 23.0 Å². The van der Waals surface area contributed by atoms with Gasteiger partial charge in [-0.25, -0.2) is 13.8 Å². The summed E-state index contributed by atoms with van der Waals surface area (Å²) in [6, 6.07) is 10.8. The first kappa shape index (κ1) is 21.4. The summed E-state index contributed by atoms with van der Waals surface area (Å²) >= 11 is 1.32. The van der Waals surface area contributed by atoms with Crippen molar-refractivity contribution in [3.8, 4) is 5.75 Å². The third kappa shape index (κ3) is 6.08. The highest BCUT2D eigenvalue weighted by Gasteiger charge is 2.08. The second kappa shape index (κ2) is 10.4. The second-order valence-corrected chi connectivity index (χ2v) is 6.92. The van der Waals surface area contributed by atoms with Crippen LogP contribution in [0.5, 0.6) is 5.75 Å². The topological polar surface area (TPSA) is 72.8 Å². The molecule has 0 atom stereocenters. The van der Waals surface area contributed by atoms with Crippen molar-refractivity contribution in [2.75, 3.05) is 12.0 Å². The number of esters is 1. The lowest BCUT2D eigenvalue weighted by molar-refractivity contribution is -0.142. The van der Waals surface area contributed by atoms with Crippen LogP contribution >= 0.6 is 11.3 Å². The van der Waals surface area contributed by atoms with Crippen LogP contribution < -0.4 is 10.2 Å². The second-order valence-electron chi connectivity index (χ2n) is 6.06. The van der Waals surface area contributed by atoms with Crippen LogP contribution in [0.15, 0.2) is 52.9 Å². The molecular weight excluding hydrogens is 412 g/mol. The summed E-state index contributed by atoms with van der Waals surface area (Å²) in [6.45, 7) is 2.24. The molecule has 0 saturated carbocycles. The molecule has 1 heterocycles. The summed E-state index contributed by atoms with van der Waals surface area (Å²) < 4.78 is 36.8. The number of rotatable bonds is 9. The van der Waals surface area contributed by atoms with Gasteiger partial charge in [0.15, 0.2) is 11.6 Å². The minimum atomic E-state index is -0.961. The Kier molecular flexibility index (Phi) is 7.45. The van der Waals surface area contributed by atoms with Crippen LogP contribution in [0.4, 0.5) is 13.9 Å². The first-order valence-corrected chi connectivity index (χ1v) is 9.98. The highest BCUT2D eigenvalue weighted by Crippen LogP contribution is 2.18. The Morgan fingerprint density at radius 2 is 2.07 bits per heavy atom. The highest BCUT2D eigenvalue weighted by molar-refractivity contribution is 7.13. The van der Waals surface area contributed by atoms with Gasteiger partial charge in [0.2, 0.25) is 5.13 Å². The van der Waals surface area contributed by atoms with Gasteiger partial charge in [0, 0.05) is 17.0 Å². The zero-order chi connectivity index (χ0) is 21.3. The predicted molar refractivity (Wildman–Crippen MR) is 111 cm³/mol. The molecule has 156 valence electrons. The Morgan fingerprint density at radius 1 is 1.23 bits per heavy atom. The van der Waals surface area contributed by atoms with Gasteiger partial charge in [-0.2, -0.15) is 5.10 Å². The Morgan fingerprint density at radius 3 is 2.87 bits per heavy atom. The number of aromatic nitrogens is 1. The maximum absolute atomic E-state index is 13.3. The molecule has 6 nitrogen and oxygen atoms in total. The van der Waals surface area contributed by atoms with Gasteiger partial charge in [0.25, 0.3) is 0 Å². The number of hydrogen-bond donors (Lipinski definition) is 1. The number of nitrogens with one attached hydrogen (secondary N) is 1. The number of hydrazone groups is 1. The van der Waals surface area contributed by atoms with Gasteiger partial charge in [-0.1, -0.05) is 24.3 Å². The average molecular weight is 431 g/mol. The average Bonchev–Trinajstić information content (AvgIpc) is 3.17. The third-order valence-electron chi connectivity index (χ3n) is 3.89. The molecule has 2 aromatic carbocycles. The summed E-state index contributed by atoms with van der Waals surface area (Å²) in [5, 5.41) is 6.48. The monoisotopic (exact) mass is 431 g/mol. The molecule has 0 aliphatic heterocycles. The van der Waals surface area contributed by atoms with Gasteiger partial charge >= 0.3 is 5.97 Å². The molecule has 3 aromatic rings. The predicted octanol–water partition coefficient (Wildman–Crippen LogP) is 4.55. The summed E-state index contributed by atoms with van der Waals surface area (Å²) in [4.78, 5) is 15.8. The van der Waals surface area contributed by atoms with Crippen LogP contribution in [0.1, 0.15) is 23.7 Å². The van der Waals surface area contributed by atoms with Crippen molar-refractivity contribution in [3.05, 3.63) is 76.3 Å². The molecule has 0 aliphatic carbocycles. The lowest BCUT2D eigenvalue weighted by Gasteiger charge is -2.09. The van der Waals surface area contributed by atoms with Crippen LogP contribution in [-0.2, 0) is 22.6 Å². The van der Waals surface area contributed by atoms with Crippen LogP contribution in [-0.4, -0.2) is 23.8 Å². The number of anilines is 1. The molecule has 1 aromatic heterocycles. The van der Waals surface area contributed by atoms with Crippen molar-refractivity contribution in [1.29, 1.82) is 0 Å². The molecule has 30 heavy (non-hydrogen) atoms. The van der Waals surface area contributed by atoms with E-state index >= 15 is 0 Å². The maximum Gasteiger partial charge on any atom is 0.311 e. The Bertz CT molecular complexity index is 1040. The number of hydrogen-bond acceptors (Lipinski definition) is 7. The van der Waals surface area contributed by atoms with E-state index in [0.29, 0.717) is 17.4 Å². The van der Waals surface area contributed by atoms with Crippen molar-refractivity contribution in [2.45, 2.75) is 20.0 Å². The number of carbonyl (C=O) groups is 1. The summed E-state index contributed by atoms with van der Waals surface area (Å²) in [7, 11) is 0. The fourth-order valence-electron chi connectivity index (χ4n) is 2.48. The van der Waals surface area contributed by atoms with Gasteiger partial charge in [-0.05, 0) is 24.6 Å². The number of halogens is 2. The SMILES string of the molecule is CCOC(=O)Cc1csc(NN=Cc2ccccc2COc2ccc(F)c(F)c2)n1. The van der Waals surface area contributed by atoms with E-state index in [1.807, 2.05) is 24.3 Å². The van der Waals surface area contributed by atoms with Gasteiger partial charge < -0.3 is 9.47 Å². The third-order valence-corrected chi connectivity index (χ3v) is 4.68. The van der Waals surface area contributed by atoms with Gasteiger partial charge in [0.1, 0.15) is 12.4 Å². The molecule has 0 radical (unpaired) electrons. The van der Waals surface area contributed by atoms with Gasteiger partial charge in [0.05, 0.1) is 24.9 Å². The van der Waals surface area contributed by atoms with Crippen LogP contribution in [0.2, 0.25) is 0 Å². The Labute approximate surface area is 176 Å². The first-order valence-electron chi connectivity index (χ1n) is 9.10. The summed E-state index contributed by atoms with van der Waals surface area (Å²) in [6.07, 6.45) is 1.72. The van der Waals surface area contributed by atoms with Crippen LogP contribution in [0.3, 0.4) is 0 Å². The van der Waals surface area contributed by atoms with Crippen LogP contribution in [0.25, 0.3) is 0 Å². The summed E-state index contributed by atoms with van der Waals surface area (Å²) in [5.41, 5.74) is 5.04. The van der Waals surface area contributed by atoms with E-state index < -0.39 is 11.6 Å². The fraction of sp³-hybridized carbons (Fsp3) is 0.190. The first-order chi connectivity index (χ1) is 14.5. The fourth-order valence-corrected chi connectivity index (χ4v) is 3.13. The van der Waals surface area contributed by atoms with E-state index in [1.165, 1.54) is 17.4 Å². The maximum atomic E-state index is 13.3. The largest absolute Gasteiger partial charge is 0.489 e. The molecule has 0 fully saturated rings. The van der Waals surface area contributed by atoms with E-state index in [2.05, 4.69) is 15.5 Å². The van der Waals surface area contributed by atoms with Crippen molar-refractivity contribution in [2.24, 2.45) is 5.10 Å². The quantitative estimate of drug-likeness (QED) is 0.306. The van der Waals surface area contributed by atoms with Crippen molar-refractivity contribution in [3.63, 3.8) is 0 Å². The Balaban J connectivity index is 1.59. The molecule has 9 heteroatoms. The van der Waals surface area contributed by atoms with Crippen LogP contribution in [0, 0.1) is 11.6 Å². The normalized spacial score (nSPS) is 10.9. The molecule has 0 amide bonds. The van der Waals surface area contributed by atoms with Gasteiger partial charge in [-0.15, -0.1) is 11.3 Å². The molecule has 0 saturated heterocycles. The minimum Gasteiger partial charge on any atom is -0.489 e. The van der Waals surface area contributed by atoms with E-state index in [4.69, 9.17) is 9.47 Å². The number of nitrogens with zero attached hydrogens (tertiary/aromatic N) is 2. The van der Waals surface area contributed by atoms with Gasteiger partial charge in [-0.3, -0.25) is 10.2 Å². The molecule has 0 aliphatic rings.